The molecule has 2 aromatic heterocycles. The van der Waals surface area contributed by atoms with E-state index in [4.69, 9.17) is 4.74 Å². The van der Waals surface area contributed by atoms with Crippen molar-refractivity contribution < 1.29 is 4.74 Å². The molecule has 0 aliphatic carbocycles. The van der Waals surface area contributed by atoms with Crippen molar-refractivity contribution in [2.45, 2.75) is 6.04 Å². The molecule has 5 rings (SSSR count). The van der Waals surface area contributed by atoms with Crippen molar-refractivity contribution in [1.82, 2.24) is 30.4 Å². The van der Waals surface area contributed by atoms with Crippen molar-refractivity contribution in [3.05, 3.63) is 76.1 Å². The van der Waals surface area contributed by atoms with Crippen LogP contribution in [0, 0.1) is 0 Å². The Hall–Kier alpha value is -4.01. The van der Waals surface area contributed by atoms with E-state index in [0.717, 1.165) is 11.1 Å². The smallest absolute Gasteiger partial charge is 0.288 e. The first-order valence-electron chi connectivity index (χ1n) is 8.63. The molecule has 0 fully saturated rings. The van der Waals surface area contributed by atoms with E-state index in [1.807, 2.05) is 54.6 Å². The van der Waals surface area contributed by atoms with Gasteiger partial charge in [-0.3, -0.25) is 4.79 Å². The van der Waals surface area contributed by atoms with Crippen LogP contribution in [0.5, 0.6) is 5.75 Å². The number of aromatic nitrogens is 6. The predicted octanol–water partition coefficient (Wildman–Crippen LogP) is 2.13. The lowest BCUT2D eigenvalue weighted by atomic mass is 9.92. The van der Waals surface area contributed by atoms with Gasteiger partial charge >= 0.3 is 0 Å². The highest BCUT2D eigenvalue weighted by Crippen LogP contribution is 2.41. The average Bonchev–Trinajstić information content (AvgIpc) is 3.22. The Morgan fingerprint density at radius 1 is 1.11 bits per heavy atom. The Morgan fingerprint density at radius 2 is 1.96 bits per heavy atom. The maximum absolute atomic E-state index is 12.6. The number of ether oxygens (including phenoxy) is 1. The first kappa shape index (κ1) is 16.2. The minimum atomic E-state index is -0.404. The molecule has 1 atom stereocenters. The molecular formula is C19H15N7O2. The number of nitrogens with zero attached hydrogens (tertiary/aromatic N) is 5. The summed E-state index contributed by atoms with van der Waals surface area (Å²) in [6.45, 7) is 0. The molecule has 0 radical (unpaired) electrons. The van der Waals surface area contributed by atoms with Crippen molar-refractivity contribution in [3.63, 3.8) is 0 Å². The van der Waals surface area contributed by atoms with E-state index in [9.17, 15) is 4.79 Å². The zero-order valence-electron chi connectivity index (χ0n) is 14.8. The second-order valence-corrected chi connectivity index (χ2v) is 6.31. The topological polar surface area (TPSA) is 111 Å². The SMILES string of the molecule is COc1cccc(-c2n[nH]c(=O)c3c2C(c2ccccc2)n2nnnc2N3)c1. The van der Waals surface area contributed by atoms with Crippen LogP contribution in [0.1, 0.15) is 17.2 Å². The molecule has 4 aromatic rings. The highest BCUT2D eigenvalue weighted by molar-refractivity contribution is 5.76. The maximum Gasteiger partial charge on any atom is 0.288 e. The number of rotatable bonds is 3. The highest BCUT2D eigenvalue weighted by Gasteiger charge is 2.34. The van der Waals surface area contributed by atoms with Crippen LogP contribution in [0.15, 0.2) is 59.4 Å². The number of methoxy groups -OCH3 is 1. The molecule has 0 bridgehead atoms. The van der Waals surface area contributed by atoms with Gasteiger partial charge in [0.1, 0.15) is 17.5 Å². The summed E-state index contributed by atoms with van der Waals surface area (Å²) in [5.41, 5.74) is 3.11. The van der Waals surface area contributed by atoms with Gasteiger partial charge in [0.2, 0.25) is 5.95 Å². The zero-order chi connectivity index (χ0) is 19.1. The van der Waals surface area contributed by atoms with Gasteiger partial charge in [0.15, 0.2) is 0 Å². The van der Waals surface area contributed by atoms with Gasteiger partial charge in [0.05, 0.1) is 12.8 Å². The number of hydrogen-bond donors (Lipinski definition) is 2. The molecule has 9 nitrogen and oxygen atoms in total. The first-order valence-corrected chi connectivity index (χ1v) is 8.63. The summed E-state index contributed by atoms with van der Waals surface area (Å²) in [4.78, 5) is 12.6. The molecule has 2 N–H and O–H groups in total. The minimum Gasteiger partial charge on any atom is -0.497 e. The summed E-state index contributed by atoms with van der Waals surface area (Å²) >= 11 is 0. The van der Waals surface area contributed by atoms with E-state index < -0.39 is 6.04 Å². The molecule has 2 aromatic carbocycles. The maximum atomic E-state index is 12.6. The molecule has 28 heavy (non-hydrogen) atoms. The van der Waals surface area contributed by atoms with Gasteiger partial charge in [0, 0.05) is 11.1 Å². The number of fused-ring (bicyclic) bond motifs is 2. The Labute approximate surface area is 159 Å². The molecule has 0 saturated heterocycles. The van der Waals surface area contributed by atoms with Crippen LogP contribution in [-0.2, 0) is 0 Å². The predicted molar refractivity (Wildman–Crippen MR) is 102 cm³/mol. The Kier molecular flexibility index (Phi) is 3.64. The van der Waals surface area contributed by atoms with Crippen molar-refractivity contribution >= 4 is 11.6 Å². The van der Waals surface area contributed by atoms with Crippen LogP contribution in [-0.4, -0.2) is 37.5 Å². The fourth-order valence-electron chi connectivity index (χ4n) is 3.47. The number of H-pyrrole nitrogens is 1. The lowest BCUT2D eigenvalue weighted by Crippen LogP contribution is -2.29. The molecule has 3 heterocycles. The van der Waals surface area contributed by atoms with E-state index in [1.165, 1.54) is 0 Å². The number of aromatic amines is 1. The van der Waals surface area contributed by atoms with E-state index in [1.54, 1.807) is 11.8 Å². The highest BCUT2D eigenvalue weighted by atomic mass is 16.5. The van der Waals surface area contributed by atoms with Crippen LogP contribution in [0.2, 0.25) is 0 Å². The summed E-state index contributed by atoms with van der Waals surface area (Å²) in [6, 6.07) is 16.9. The van der Waals surface area contributed by atoms with Crippen molar-refractivity contribution in [2.75, 3.05) is 12.4 Å². The van der Waals surface area contributed by atoms with Gasteiger partial charge in [-0.15, -0.1) is 0 Å². The Bertz CT molecular complexity index is 1220. The largest absolute Gasteiger partial charge is 0.497 e. The summed E-state index contributed by atoms with van der Waals surface area (Å²) < 4.78 is 7.00. The third-order valence-electron chi connectivity index (χ3n) is 4.73. The third-order valence-corrected chi connectivity index (χ3v) is 4.73. The second kappa shape index (κ2) is 6.31. The zero-order valence-corrected chi connectivity index (χ0v) is 14.8. The fraction of sp³-hybridized carbons (Fsp3) is 0.105. The van der Waals surface area contributed by atoms with E-state index >= 15 is 0 Å². The molecule has 0 amide bonds. The molecule has 1 unspecified atom stereocenters. The fourth-order valence-corrected chi connectivity index (χ4v) is 3.47. The van der Waals surface area contributed by atoms with Crippen molar-refractivity contribution in [1.29, 1.82) is 0 Å². The lowest BCUT2D eigenvalue weighted by Gasteiger charge is -2.27. The number of anilines is 2. The molecular weight excluding hydrogens is 358 g/mol. The van der Waals surface area contributed by atoms with Gasteiger partial charge in [-0.25, -0.2) is 5.10 Å². The van der Waals surface area contributed by atoms with Gasteiger partial charge in [-0.05, 0) is 28.1 Å². The van der Waals surface area contributed by atoms with E-state index in [-0.39, 0.29) is 5.56 Å². The summed E-state index contributed by atoms with van der Waals surface area (Å²) in [7, 11) is 1.61. The molecule has 0 spiro atoms. The van der Waals surface area contributed by atoms with Crippen LogP contribution < -0.4 is 15.6 Å². The molecule has 0 saturated carbocycles. The van der Waals surface area contributed by atoms with Crippen LogP contribution in [0.3, 0.4) is 0 Å². The molecule has 1 aliphatic rings. The van der Waals surface area contributed by atoms with E-state index in [0.29, 0.717) is 28.6 Å². The number of tetrazole rings is 1. The summed E-state index contributed by atoms with van der Waals surface area (Å²) in [6.07, 6.45) is 0. The van der Waals surface area contributed by atoms with E-state index in [2.05, 4.69) is 31.0 Å². The van der Waals surface area contributed by atoms with Crippen molar-refractivity contribution in [2.24, 2.45) is 0 Å². The first-order chi connectivity index (χ1) is 13.8. The average molecular weight is 373 g/mol. The summed E-state index contributed by atoms with van der Waals surface area (Å²) in [5.74, 6) is 1.09. The van der Waals surface area contributed by atoms with Crippen LogP contribution in [0.25, 0.3) is 11.3 Å². The van der Waals surface area contributed by atoms with Gasteiger partial charge < -0.3 is 10.1 Å². The minimum absolute atomic E-state index is 0.336. The second-order valence-electron chi connectivity index (χ2n) is 6.31. The summed E-state index contributed by atoms with van der Waals surface area (Å²) in [5, 5.41) is 21.9. The monoisotopic (exact) mass is 373 g/mol. The molecule has 1 aliphatic heterocycles. The van der Waals surface area contributed by atoms with Gasteiger partial charge in [-0.2, -0.15) is 9.78 Å². The van der Waals surface area contributed by atoms with Crippen LogP contribution >= 0.6 is 0 Å². The standard InChI is InChI=1S/C19H15N7O2/c1-28-13-9-5-8-12(10-13)15-14-16(18(27)22-21-15)20-19-23-24-25-26(19)17(14)11-6-3-2-4-7-11/h2-10,17H,1H3,(H,22,27)(H,20,23,25). The quantitative estimate of drug-likeness (QED) is 0.498. The lowest BCUT2D eigenvalue weighted by molar-refractivity contribution is 0.415. The molecule has 138 valence electrons. The number of hydrogen-bond acceptors (Lipinski definition) is 7. The van der Waals surface area contributed by atoms with Crippen LogP contribution in [0.4, 0.5) is 11.6 Å². The third kappa shape index (κ3) is 2.44. The number of benzene rings is 2. The van der Waals surface area contributed by atoms with Gasteiger partial charge in [0.25, 0.3) is 5.56 Å². The Balaban J connectivity index is 1.81. The van der Waals surface area contributed by atoms with Gasteiger partial charge in [-0.1, -0.05) is 47.6 Å². The van der Waals surface area contributed by atoms with Crippen molar-refractivity contribution in [3.8, 4) is 17.0 Å². The number of nitrogens with one attached hydrogen (secondary N) is 2. The normalized spacial score (nSPS) is 14.7. The molecule has 9 heteroatoms. The Morgan fingerprint density at radius 3 is 2.79 bits per heavy atom.